The second kappa shape index (κ2) is 4.77. The molecule has 0 saturated heterocycles. The predicted molar refractivity (Wildman–Crippen MR) is 73.1 cm³/mol. The number of nitrogens with one attached hydrogen (secondary N) is 1. The largest absolute Gasteiger partial charge is 0.493 e. The van der Waals surface area contributed by atoms with Gasteiger partial charge in [-0.15, -0.1) is 0 Å². The van der Waals surface area contributed by atoms with Gasteiger partial charge in [0.15, 0.2) is 0 Å². The number of ether oxygens (including phenoxy) is 1. The molecule has 0 aliphatic carbocycles. The average Bonchev–Trinajstić information content (AvgIpc) is 3.04. The lowest BCUT2D eigenvalue weighted by Crippen LogP contribution is -2.05. The quantitative estimate of drug-likeness (QED) is 0.891. The van der Waals surface area contributed by atoms with Crippen LogP contribution in [0.2, 0.25) is 0 Å². The van der Waals surface area contributed by atoms with Gasteiger partial charge in [-0.05, 0) is 42.8 Å². The number of rotatable bonds is 4. The van der Waals surface area contributed by atoms with E-state index < -0.39 is 0 Å². The van der Waals surface area contributed by atoms with Crippen LogP contribution in [0.5, 0.6) is 5.75 Å². The average molecular weight is 242 g/mol. The third kappa shape index (κ3) is 2.08. The van der Waals surface area contributed by atoms with Crippen LogP contribution >= 0.6 is 0 Å². The molecule has 3 rings (SSSR count). The molecule has 0 bridgehead atoms. The van der Waals surface area contributed by atoms with Crippen molar-refractivity contribution in [2.24, 2.45) is 0 Å². The molecule has 0 saturated carbocycles. The summed E-state index contributed by atoms with van der Waals surface area (Å²) in [5, 5.41) is 3.48. The van der Waals surface area contributed by atoms with Crippen LogP contribution in [-0.4, -0.2) is 11.2 Å². The number of fused-ring (bicyclic) bond motifs is 1. The highest BCUT2D eigenvalue weighted by Crippen LogP contribution is 2.27. The summed E-state index contributed by atoms with van der Waals surface area (Å²) in [4.78, 5) is 0. The van der Waals surface area contributed by atoms with Gasteiger partial charge in [-0.1, -0.05) is 0 Å². The number of anilines is 1. The van der Waals surface area contributed by atoms with Gasteiger partial charge in [0.05, 0.1) is 13.2 Å². The lowest BCUT2D eigenvalue weighted by atomic mass is 10.1. The maximum absolute atomic E-state index is 5.51. The van der Waals surface area contributed by atoms with E-state index in [0.29, 0.717) is 0 Å². The molecular weight excluding hydrogens is 224 g/mol. The summed E-state index contributed by atoms with van der Waals surface area (Å²) in [7, 11) is 0. The lowest BCUT2D eigenvalue weighted by molar-refractivity contribution is 0.357. The van der Waals surface area contributed by atoms with E-state index in [2.05, 4.69) is 53.3 Å². The fourth-order valence-electron chi connectivity index (χ4n) is 2.41. The Hall–Kier alpha value is -1.90. The van der Waals surface area contributed by atoms with E-state index in [0.717, 1.165) is 31.9 Å². The van der Waals surface area contributed by atoms with Crippen molar-refractivity contribution in [1.82, 2.24) is 4.57 Å². The van der Waals surface area contributed by atoms with Crippen LogP contribution in [-0.2, 0) is 19.5 Å². The zero-order valence-electron chi connectivity index (χ0n) is 10.6. The van der Waals surface area contributed by atoms with Crippen molar-refractivity contribution in [3.8, 4) is 5.75 Å². The minimum atomic E-state index is 0.817. The number of aromatic nitrogens is 1. The first kappa shape index (κ1) is 11.2. The molecule has 1 aliphatic heterocycles. The van der Waals surface area contributed by atoms with Gasteiger partial charge in [0.2, 0.25) is 0 Å². The molecule has 0 spiro atoms. The number of nitrogens with zero attached hydrogens (tertiary/aromatic N) is 1. The summed E-state index contributed by atoms with van der Waals surface area (Å²) < 4.78 is 7.76. The fraction of sp³-hybridized carbons (Fsp3) is 0.333. The van der Waals surface area contributed by atoms with E-state index in [-0.39, 0.29) is 0 Å². The second-order valence-electron chi connectivity index (χ2n) is 4.56. The molecule has 3 heteroatoms. The van der Waals surface area contributed by atoms with Crippen LogP contribution in [0.25, 0.3) is 0 Å². The van der Waals surface area contributed by atoms with Crippen LogP contribution in [0.3, 0.4) is 0 Å². The highest BCUT2D eigenvalue weighted by atomic mass is 16.5. The molecular formula is C15H18N2O. The van der Waals surface area contributed by atoms with E-state index in [1.807, 2.05) is 0 Å². The van der Waals surface area contributed by atoms with E-state index in [4.69, 9.17) is 4.74 Å². The highest BCUT2D eigenvalue weighted by molar-refractivity contribution is 5.52. The van der Waals surface area contributed by atoms with Crippen molar-refractivity contribution < 1.29 is 4.74 Å². The van der Waals surface area contributed by atoms with Gasteiger partial charge >= 0.3 is 0 Å². The minimum absolute atomic E-state index is 0.817. The van der Waals surface area contributed by atoms with Crippen LogP contribution in [0.4, 0.5) is 5.69 Å². The summed E-state index contributed by atoms with van der Waals surface area (Å²) >= 11 is 0. The van der Waals surface area contributed by atoms with Crippen LogP contribution in [0, 0.1) is 0 Å². The molecule has 0 radical (unpaired) electrons. The zero-order valence-corrected chi connectivity index (χ0v) is 10.6. The number of hydrogen-bond donors (Lipinski definition) is 1. The summed E-state index contributed by atoms with van der Waals surface area (Å²) in [5.41, 5.74) is 3.79. The maximum Gasteiger partial charge on any atom is 0.122 e. The van der Waals surface area contributed by atoms with Crippen molar-refractivity contribution >= 4 is 5.69 Å². The van der Waals surface area contributed by atoms with Crippen molar-refractivity contribution in [1.29, 1.82) is 0 Å². The van der Waals surface area contributed by atoms with Crippen LogP contribution in [0.1, 0.15) is 18.2 Å². The maximum atomic E-state index is 5.51. The van der Waals surface area contributed by atoms with Gasteiger partial charge in [0, 0.05) is 30.5 Å². The Kier molecular flexibility index (Phi) is 2.97. The zero-order chi connectivity index (χ0) is 12.4. The SMILES string of the molecule is CCn1cccc1CNc1ccc2c(c1)CCO2. The van der Waals surface area contributed by atoms with E-state index in [1.54, 1.807) is 0 Å². The fourth-order valence-corrected chi connectivity index (χ4v) is 2.41. The van der Waals surface area contributed by atoms with Gasteiger partial charge in [-0.3, -0.25) is 0 Å². The monoisotopic (exact) mass is 242 g/mol. The van der Waals surface area contributed by atoms with Crippen molar-refractivity contribution in [2.75, 3.05) is 11.9 Å². The van der Waals surface area contributed by atoms with E-state index >= 15 is 0 Å². The summed E-state index contributed by atoms with van der Waals surface area (Å²) in [6.07, 6.45) is 3.14. The number of benzene rings is 1. The van der Waals surface area contributed by atoms with Crippen molar-refractivity contribution in [2.45, 2.75) is 26.4 Å². The molecule has 94 valence electrons. The summed E-state index contributed by atoms with van der Waals surface area (Å²) in [5.74, 6) is 1.04. The molecule has 0 unspecified atom stereocenters. The van der Waals surface area contributed by atoms with E-state index in [9.17, 15) is 0 Å². The lowest BCUT2D eigenvalue weighted by Gasteiger charge is -2.10. The van der Waals surface area contributed by atoms with Gasteiger partial charge in [0.25, 0.3) is 0 Å². The number of aryl methyl sites for hydroxylation is 1. The molecule has 0 amide bonds. The van der Waals surface area contributed by atoms with Gasteiger partial charge in [-0.2, -0.15) is 0 Å². The van der Waals surface area contributed by atoms with Gasteiger partial charge in [0.1, 0.15) is 5.75 Å². The molecule has 18 heavy (non-hydrogen) atoms. The smallest absolute Gasteiger partial charge is 0.122 e. The van der Waals surface area contributed by atoms with Gasteiger partial charge < -0.3 is 14.6 Å². The molecule has 1 aromatic carbocycles. The Morgan fingerprint density at radius 3 is 3.17 bits per heavy atom. The van der Waals surface area contributed by atoms with E-state index in [1.165, 1.54) is 16.9 Å². The third-order valence-corrected chi connectivity index (χ3v) is 3.43. The Morgan fingerprint density at radius 1 is 1.33 bits per heavy atom. The first-order valence-electron chi connectivity index (χ1n) is 6.50. The molecule has 1 aliphatic rings. The van der Waals surface area contributed by atoms with Gasteiger partial charge in [-0.25, -0.2) is 0 Å². The normalized spacial score (nSPS) is 13.2. The Balaban J connectivity index is 1.70. The van der Waals surface area contributed by atoms with Crippen molar-refractivity contribution in [3.05, 3.63) is 47.8 Å². The Bertz CT molecular complexity index is 545. The summed E-state index contributed by atoms with van der Waals surface area (Å²) in [6.45, 7) is 4.86. The first-order valence-corrected chi connectivity index (χ1v) is 6.50. The van der Waals surface area contributed by atoms with Crippen LogP contribution < -0.4 is 10.1 Å². The Morgan fingerprint density at radius 2 is 2.28 bits per heavy atom. The van der Waals surface area contributed by atoms with Crippen LogP contribution in [0.15, 0.2) is 36.5 Å². The molecule has 1 aromatic heterocycles. The standard InChI is InChI=1S/C15H18N2O/c1-2-17-8-3-4-14(17)11-16-13-5-6-15-12(10-13)7-9-18-15/h3-6,8,10,16H,2,7,9,11H2,1H3. The molecule has 2 heterocycles. The molecule has 0 fully saturated rings. The second-order valence-corrected chi connectivity index (χ2v) is 4.56. The van der Waals surface area contributed by atoms with Crippen molar-refractivity contribution in [3.63, 3.8) is 0 Å². The molecule has 1 N–H and O–H groups in total. The highest BCUT2D eigenvalue weighted by Gasteiger charge is 2.11. The third-order valence-electron chi connectivity index (χ3n) is 3.43. The molecule has 3 nitrogen and oxygen atoms in total. The molecule has 2 aromatic rings. The summed E-state index contributed by atoms with van der Waals surface area (Å²) in [6, 6.07) is 10.6. The minimum Gasteiger partial charge on any atom is -0.493 e. The number of hydrogen-bond acceptors (Lipinski definition) is 2. The Labute approximate surface area is 107 Å². The topological polar surface area (TPSA) is 26.2 Å². The predicted octanol–water partition coefficient (Wildman–Crippen LogP) is 3.06. The first-order chi connectivity index (χ1) is 8.86. The molecule has 0 atom stereocenters.